The molecular formula is C19H14BrNO2. The number of rotatable bonds is 3. The molecule has 2 aromatic carbocycles. The number of carbonyl (C=O) groups excluding carboxylic acids is 1. The molecule has 0 spiro atoms. The molecule has 0 aliphatic rings. The molecule has 0 amide bonds. The Hall–Kier alpha value is -2.46. The van der Waals surface area contributed by atoms with Crippen LogP contribution in [0.5, 0.6) is 5.75 Å². The summed E-state index contributed by atoms with van der Waals surface area (Å²) >= 11 is 3.46. The number of ether oxygens (including phenoxy) is 1. The van der Waals surface area contributed by atoms with Crippen LogP contribution in [0.3, 0.4) is 0 Å². The second kappa shape index (κ2) is 6.75. The first kappa shape index (κ1) is 15.4. The lowest BCUT2D eigenvalue weighted by molar-refractivity contribution is -0.131. The summed E-state index contributed by atoms with van der Waals surface area (Å²) in [5, 5.41) is 1.10. The Bertz CT molecular complexity index is 903. The van der Waals surface area contributed by atoms with Crippen LogP contribution in [0.4, 0.5) is 0 Å². The van der Waals surface area contributed by atoms with Crippen LogP contribution in [0, 0.1) is 0 Å². The normalized spacial score (nSPS) is 11.0. The van der Waals surface area contributed by atoms with Crippen LogP contribution in [0.15, 0.2) is 59.1 Å². The molecule has 0 N–H and O–H groups in total. The lowest BCUT2D eigenvalue weighted by Crippen LogP contribution is -2.00. The summed E-state index contributed by atoms with van der Waals surface area (Å²) in [5.41, 5.74) is 2.75. The molecule has 1 heterocycles. The standard InChI is InChI=1S/C19H14BrNO2/c1-13(22)23-18-4-2-3-14(11-18)5-9-17-10-7-15-6-8-16(20)12-19(15)21-17/h2-12H,1H3/b9-5+. The average Bonchev–Trinajstić information content (AvgIpc) is 2.52. The van der Waals surface area contributed by atoms with E-state index in [0.29, 0.717) is 5.75 Å². The number of halogens is 1. The number of pyridine rings is 1. The van der Waals surface area contributed by atoms with Gasteiger partial charge in [-0.25, -0.2) is 4.98 Å². The minimum atomic E-state index is -0.326. The van der Waals surface area contributed by atoms with Gasteiger partial charge in [0.05, 0.1) is 11.2 Å². The van der Waals surface area contributed by atoms with Crippen LogP contribution >= 0.6 is 15.9 Å². The molecule has 0 atom stereocenters. The molecule has 3 rings (SSSR count). The number of esters is 1. The van der Waals surface area contributed by atoms with Crippen LogP contribution in [0.2, 0.25) is 0 Å². The van der Waals surface area contributed by atoms with E-state index in [1.165, 1.54) is 6.92 Å². The molecule has 3 nitrogen and oxygen atoms in total. The molecule has 0 fully saturated rings. The van der Waals surface area contributed by atoms with Gasteiger partial charge in [0.15, 0.2) is 0 Å². The molecule has 0 bridgehead atoms. The number of benzene rings is 2. The van der Waals surface area contributed by atoms with Crippen LogP contribution in [0.1, 0.15) is 18.2 Å². The zero-order valence-electron chi connectivity index (χ0n) is 12.5. The number of nitrogens with zero attached hydrogens (tertiary/aromatic N) is 1. The van der Waals surface area contributed by atoms with E-state index < -0.39 is 0 Å². The first-order chi connectivity index (χ1) is 11.1. The van der Waals surface area contributed by atoms with E-state index >= 15 is 0 Å². The van der Waals surface area contributed by atoms with Crippen LogP contribution in [-0.2, 0) is 4.79 Å². The lowest BCUT2D eigenvalue weighted by Gasteiger charge is -2.02. The molecule has 4 heteroatoms. The Morgan fingerprint density at radius 3 is 2.74 bits per heavy atom. The van der Waals surface area contributed by atoms with E-state index in [0.717, 1.165) is 26.6 Å². The number of hydrogen-bond donors (Lipinski definition) is 0. The number of aromatic nitrogens is 1. The number of fused-ring (bicyclic) bond motifs is 1. The lowest BCUT2D eigenvalue weighted by atomic mass is 10.1. The van der Waals surface area contributed by atoms with Crippen LogP contribution in [0.25, 0.3) is 23.1 Å². The zero-order chi connectivity index (χ0) is 16.2. The van der Waals surface area contributed by atoms with Gasteiger partial charge in [0.25, 0.3) is 0 Å². The fourth-order valence-electron chi connectivity index (χ4n) is 2.23. The Labute approximate surface area is 142 Å². The van der Waals surface area contributed by atoms with Crippen LogP contribution < -0.4 is 4.74 Å². The summed E-state index contributed by atoms with van der Waals surface area (Å²) in [6.45, 7) is 1.39. The number of carbonyl (C=O) groups is 1. The van der Waals surface area contributed by atoms with Gasteiger partial charge >= 0.3 is 5.97 Å². The Morgan fingerprint density at radius 2 is 1.91 bits per heavy atom. The van der Waals surface area contributed by atoms with Crippen LogP contribution in [-0.4, -0.2) is 11.0 Å². The molecule has 0 aliphatic heterocycles. The van der Waals surface area contributed by atoms with E-state index in [-0.39, 0.29) is 5.97 Å². The summed E-state index contributed by atoms with van der Waals surface area (Å²) in [6, 6.07) is 17.4. The van der Waals surface area contributed by atoms with Crippen molar-refractivity contribution in [2.75, 3.05) is 0 Å². The maximum absolute atomic E-state index is 11.0. The van der Waals surface area contributed by atoms with E-state index in [1.54, 1.807) is 6.07 Å². The predicted molar refractivity (Wildman–Crippen MR) is 96.1 cm³/mol. The highest BCUT2D eigenvalue weighted by Gasteiger charge is 1.99. The third-order valence-electron chi connectivity index (χ3n) is 3.24. The largest absolute Gasteiger partial charge is 0.427 e. The van der Waals surface area contributed by atoms with Gasteiger partial charge in [-0.2, -0.15) is 0 Å². The zero-order valence-corrected chi connectivity index (χ0v) is 14.1. The van der Waals surface area contributed by atoms with Crippen molar-refractivity contribution in [2.45, 2.75) is 6.92 Å². The van der Waals surface area contributed by atoms with Gasteiger partial charge in [-0.3, -0.25) is 4.79 Å². The molecule has 114 valence electrons. The summed E-state index contributed by atoms with van der Waals surface area (Å²) in [7, 11) is 0. The van der Waals surface area contributed by atoms with Gasteiger partial charge in [-0.15, -0.1) is 0 Å². The summed E-state index contributed by atoms with van der Waals surface area (Å²) < 4.78 is 6.09. The smallest absolute Gasteiger partial charge is 0.308 e. The molecule has 1 aromatic heterocycles. The maximum atomic E-state index is 11.0. The average molecular weight is 368 g/mol. The summed E-state index contributed by atoms with van der Waals surface area (Å²) in [5.74, 6) is 0.211. The minimum absolute atomic E-state index is 0.326. The quantitative estimate of drug-likeness (QED) is 0.477. The van der Waals surface area contributed by atoms with Crippen molar-refractivity contribution in [2.24, 2.45) is 0 Å². The molecule has 0 aliphatic carbocycles. The van der Waals surface area contributed by atoms with Gasteiger partial charge in [0.1, 0.15) is 5.75 Å². The van der Waals surface area contributed by atoms with Gasteiger partial charge < -0.3 is 4.74 Å². The van der Waals surface area contributed by atoms with E-state index in [2.05, 4.69) is 20.9 Å². The second-order valence-electron chi connectivity index (χ2n) is 5.07. The van der Waals surface area contributed by atoms with Crippen molar-refractivity contribution in [3.63, 3.8) is 0 Å². The topological polar surface area (TPSA) is 39.2 Å². The first-order valence-electron chi connectivity index (χ1n) is 7.13. The van der Waals surface area contributed by atoms with E-state index in [9.17, 15) is 4.79 Å². The highest BCUT2D eigenvalue weighted by molar-refractivity contribution is 9.10. The highest BCUT2D eigenvalue weighted by Crippen LogP contribution is 2.20. The molecular weight excluding hydrogens is 354 g/mol. The Balaban J connectivity index is 1.86. The molecule has 0 saturated carbocycles. The summed E-state index contributed by atoms with van der Waals surface area (Å²) in [4.78, 5) is 15.6. The third kappa shape index (κ3) is 4.05. The van der Waals surface area contributed by atoms with Crippen molar-refractivity contribution in [3.8, 4) is 5.75 Å². The van der Waals surface area contributed by atoms with Crippen molar-refractivity contribution in [1.29, 1.82) is 0 Å². The number of hydrogen-bond acceptors (Lipinski definition) is 3. The molecule has 0 unspecified atom stereocenters. The third-order valence-corrected chi connectivity index (χ3v) is 3.74. The van der Waals surface area contributed by atoms with E-state index in [1.807, 2.05) is 60.7 Å². The minimum Gasteiger partial charge on any atom is -0.427 e. The first-order valence-corrected chi connectivity index (χ1v) is 7.92. The predicted octanol–water partition coefficient (Wildman–Crippen LogP) is 5.09. The SMILES string of the molecule is CC(=O)Oc1cccc(/C=C/c2ccc3ccc(Br)cc3n2)c1. The summed E-state index contributed by atoms with van der Waals surface area (Å²) in [6.07, 6.45) is 3.88. The molecule has 23 heavy (non-hydrogen) atoms. The van der Waals surface area contributed by atoms with Gasteiger partial charge in [0, 0.05) is 16.8 Å². The molecule has 0 saturated heterocycles. The molecule has 3 aromatic rings. The maximum Gasteiger partial charge on any atom is 0.308 e. The van der Waals surface area contributed by atoms with Crippen molar-refractivity contribution in [3.05, 3.63) is 70.3 Å². The van der Waals surface area contributed by atoms with Gasteiger partial charge in [-0.05, 0) is 42.0 Å². The Kier molecular flexibility index (Phi) is 4.53. The van der Waals surface area contributed by atoms with Crippen molar-refractivity contribution in [1.82, 2.24) is 4.98 Å². The van der Waals surface area contributed by atoms with Gasteiger partial charge in [-0.1, -0.05) is 46.3 Å². The second-order valence-corrected chi connectivity index (χ2v) is 5.99. The van der Waals surface area contributed by atoms with Gasteiger partial charge in [0.2, 0.25) is 0 Å². The molecule has 0 radical (unpaired) electrons. The fraction of sp³-hybridized carbons (Fsp3) is 0.0526. The van der Waals surface area contributed by atoms with E-state index in [4.69, 9.17) is 4.74 Å². The van der Waals surface area contributed by atoms with Crippen molar-refractivity contribution < 1.29 is 9.53 Å². The van der Waals surface area contributed by atoms with Crippen molar-refractivity contribution >= 4 is 45.0 Å². The Morgan fingerprint density at radius 1 is 1.09 bits per heavy atom. The monoisotopic (exact) mass is 367 g/mol. The fourth-order valence-corrected chi connectivity index (χ4v) is 2.58. The highest BCUT2D eigenvalue weighted by atomic mass is 79.9.